The zero-order valence-corrected chi connectivity index (χ0v) is 20.7. The van der Waals surface area contributed by atoms with E-state index in [-0.39, 0.29) is 16.6 Å². The average Bonchev–Trinajstić information content (AvgIpc) is 2.39. The minimum absolute atomic E-state index is 0.210. The summed E-state index contributed by atoms with van der Waals surface area (Å²) < 4.78 is 0. The van der Waals surface area contributed by atoms with E-state index in [9.17, 15) is 0 Å². The lowest BCUT2D eigenvalue weighted by Crippen LogP contribution is -2.23. The molecule has 0 aliphatic rings. The van der Waals surface area contributed by atoms with E-state index in [1.807, 2.05) is 83.1 Å². The van der Waals surface area contributed by atoms with Crippen molar-refractivity contribution in [1.29, 1.82) is 0 Å². The monoisotopic (exact) mass is 417 g/mol. The number of anilines is 3. The van der Waals surface area contributed by atoms with Gasteiger partial charge >= 0.3 is 0 Å². The molecule has 1 heterocycles. The van der Waals surface area contributed by atoms with E-state index in [2.05, 4.69) is 45.9 Å². The summed E-state index contributed by atoms with van der Waals surface area (Å²) in [5.41, 5.74) is -0.630. The van der Waals surface area contributed by atoms with Crippen molar-refractivity contribution < 1.29 is 0 Å². The summed E-state index contributed by atoms with van der Waals surface area (Å²) in [5.74, 6) is 3.29. The Morgan fingerprint density at radius 3 is 0.867 bits per heavy atom. The number of hydrogen-bond donors (Lipinski definition) is 3. The lowest BCUT2D eigenvalue weighted by Gasteiger charge is -2.17. The highest BCUT2D eigenvalue weighted by atomic mass is 15.3. The van der Waals surface area contributed by atoms with E-state index in [1.165, 1.54) is 0 Å². The van der Waals surface area contributed by atoms with Crippen molar-refractivity contribution in [3.63, 3.8) is 0 Å². The van der Waals surface area contributed by atoms with Crippen LogP contribution in [-0.2, 0) is 0 Å². The Bertz CT molecular complexity index is 695. The van der Waals surface area contributed by atoms with Crippen LogP contribution in [0.2, 0.25) is 0 Å². The maximum Gasteiger partial charge on any atom is 0.234 e. The third-order valence-corrected chi connectivity index (χ3v) is 3.02. The molecule has 30 heavy (non-hydrogen) atoms. The molecule has 0 bridgehead atoms. The van der Waals surface area contributed by atoms with E-state index >= 15 is 0 Å². The van der Waals surface area contributed by atoms with Gasteiger partial charge in [0.05, 0.1) is 16.6 Å². The zero-order valence-electron chi connectivity index (χ0n) is 20.7. The highest BCUT2D eigenvalue weighted by molar-refractivity contribution is 5.95. The smallest absolute Gasteiger partial charge is 0.234 e. The molecule has 0 unspecified atom stereocenters. The SMILES string of the molecule is CC(=NC(C)(C)C)Nc1nc(NC(C)=NC(C)(C)C)nc(NC(C)=NC(C)(C)C)n1. The third kappa shape index (κ3) is 11.4. The molecule has 9 nitrogen and oxygen atoms in total. The second-order valence-electron chi connectivity index (χ2n) is 10.3. The fourth-order valence-corrected chi connectivity index (χ4v) is 2.62. The lowest BCUT2D eigenvalue weighted by molar-refractivity contribution is 0.583. The van der Waals surface area contributed by atoms with Crippen LogP contribution in [0.4, 0.5) is 17.8 Å². The average molecular weight is 418 g/mol. The van der Waals surface area contributed by atoms with E-state index in [4.69, 9.17) is 0 Å². The first-order valence-electron chi connectivity index (χ1n) is 10.2. The molecule has 0 saturated heterocycles. The first-order valence-corrected chi connectivity index (χ1v) is 10.2. The molecule has 3 N–H and O–H groups in total. The van der Waals surface area contributed by atoms with Gasteiger partial charge in [0.15, 0.2) is 0 Å². The van der Waals surface area contributed by atoms with Gasteiger partial charge in [0.25, 0.3) is 0 Å². The van der Waals surface area contributed by atoms with Crippen molar-refractivity contribution in [2.45, 2.75) is 99.7 Å². The van der Waals surface area contributed by atoms with Crippen LogP contribution in [0.5, 0.6) is 0 Å². The predicted octanol–water partition coefficient (Wildman–Crippen LogP) is 4.76. The number of amidine groups is 3. The third-order valence-electron chi connectivity index (χ3n) is 3.02. The van der Waals surface area contributed by atoms with Gasteiger partial charge in [0, 0.05) is 0 Å². The first-order chi connectivity index (χ1) is 13.4. The second-order valence-corrected chi connectivity index (χ2v) is 10.3. The molecule has 0 aliphatic heterocycles. The van der Waals surface area contributed by atoms with Crippen LogP contribution >= 0.6 is 0 Å². The van der Waals surface area contributed by atoms with Crippen molar-refractivity contribution in [3.8, 4) is 0 Å². The Morgan fingerprint density at radius 2 is 0.700 bits per heavy atom. The standard InChI is InChI=1S/C21H39N9/c1-13(28-19(4,5)6)22-16-25-17(23-14(2)29-20(7,8)9)27-18(26-16)24-15(3)30-21(10,11)12/h1-12H3,(H3,22,23,24,25,26,27,28,29,30). The van der Waals surface area contributed by atoms with Crippen LogP contribution in [-0.4, -0.2) is 49.1 Å². The van der Waals surface area contributed by atoms with Gasteiger partial charge in [-0.25, -0.2) is 0 Å². The molecule has 0 saturated carbocycles. The number of rotatable bonds is 3. The molecule has 0 atom stereocenters. The van der Waals surface area contributed by atoms with E-state index in [0.29, 0.717) is 35.4 Å². The van der Waals surface area contributed by atoms with Crippen molar-refractivity contribution >= 4 is 35.4 Å². The normalized spacial score (nSPS) is 14.6. The van der Waals surface area contributed by atoms with Crippen molar-refractivity contribution in [1.82, 2.24) is 15.0 Å². The minimum Gasteiger partial charge on any atom is -0.313 e. The topological polar surface area (TPSA) is 112 Å². The lowest BCUT2D eigenvalue weighted by atomic mass is 10.1. The summed E-state index contributed by atoms with van der Waals surface area (Å²) >= 11 is 0. The number of aliphatic imine (C=N–C) groups is 3. The molecule has 0 aromatic carbocycles. The number of nitrogens with zero attached hydrogens (tertiary/aromatic N) is 6. The molecular formula is C21H39N9. The summed E-state index contributed by atoms with van der Waals surface area (Å²) in [6.45, 7) is 23.9. The van der Waals surface area contributed by atoms with Crippen molar-refractivity contribution in [2.75, 3.05) is 16.0 Å². The van der Waals surface area contributed by atoms with Gasteiger partial charge in [-0.2, -0.15) is 15.0 Å². The van der Waals surface area contributed by atoms with Gasteiger partial charge in [0.2, 0.25) is 17.8 Å². The van der Waals surface area contributed by atoms with Gasteiger partial charge in [0.1, 0.15) is 17.5 Å². The molecule has 0 aliphatic carbocycles. The molecule has 0 spiro atoms. The quantitative estimate of drug-likeness (QED) is 0.483. The minimum atomic E-state index is -0.210. The Kier molecular flexibility index (Phi) is 8.05. The first kappa shape index (κ1) is 25.5. The van der Waals surface area contributed by atoms with Gasteiger partial charge in [-0.1, -0.05) is 0 Å². The Morgan fingerprint density at radius 1 is 0.500 bits per heavy atom. The summed E-state index contributed by atoms with van der Waals surface area (Å²) in [6, 6.07) is 0. The highest BCUT2D eigenvalue weighted by Crippen LogP contribution is 2.14. The largest absolute Gasteiger partial charge is 0.313 e. The van der Waals surface area contributed by atoms with Gasteiger partial charge in [-0.05, 0) is 83.1 Å². The van der Waals surface area contributed by atoms with Crippen LogP contribution in [0, 0.1) is 0 Å². The number of aromatic nitrogens is 3. The van der Waals surface area contributed by atoms with E-state index in [0.717, 1.165) is 0 Å². The van der Waals surface area contributed by atoms with Crippen LogP contribution in [0.1, 0.15) is 83.1 Å². The van der Waals surface area contributed by atoms with Crippen LogP contribution in [0.3, 0.4) is 0 Å². The highest BCUT2D eigenvalue weighted by Gasteiger charge is 2.14. The molecule has 0 radical (unpaired) electrons. The molecule has 1 aromatic heterocycles. The summed E-state index contributed by atoms with van der Waals surface area (Å²) in [6.07, 6.45) is 0. The Labute approximate surface area is 181 Å². The molecule has 0 amide bonds. The fourth-order valence-electron chi connectivity index (χ4n) is 2.62. The Hall–Kier alpha value is -2.58. The fraction of sp³-hybridized carbons (Fsp3) is 0.714. The van der Waals surface area contributed by atoms with Crippen LogP contribution < -0.4 is 16.0 Å². The van der Waals surface area contributed by atoms with Gasteiger partial charge in [-0.3, -0.25) is 15.0 Å². The Balaban J connectivity index is 3.28. The van der Waals surface area contributed by atoms with Crippen LogP contribution in [0.15, 0.2) is 15.0 Å². The number of nitrogens with one attached hydrogen (secondary N) is 3. The molecule has 9 heteroatoms. The van der Waals surface area contributed by atoms with Gasteiger partial charge in [-0.15, -0.1) is 0 Å². The summed E-state index contributed by atoms with van der Waals surface area (Å²) in [5, 5.41) is 9.45. The van der Waals surface area contributed by atoms with E-state index < -0.39 is 0 Å². The molecule has 168 valence electrons. The van der Waals surface area contributed by atoms with Crippen molar-refractivity contribution in [2.24, 2.45) is 15.0 Å². The number of hydrogen-bond acceptors (Lipinski definition) is 6. The van der Waals surface area contributed by atoms with Crippen LogP contribution in [0.25, 0.3) is 0 Å². The zero-order chi connectivity index (χ0) is 23.3. The van der Waals surface area contributed by atoms with Crippen molar-refractivity contribution in [3.05, 3.63) is 0 Å². The maximum atomic E-state index is 4.60. The summed E-state index contributed by atoms with van der Waals surface area (Å²) in [4.78, 5) is 27.2. The second kappa shape index (κ2) is 9.49. The van der Waals surface area contributed by atoms with Gasteiger partial charge < -0.3 is 16.0 Å². The maximum absolute atomic E-state index is 4.60. The predicted molar refractivity (Wildman–Crippen MR) is 129 cm³/mol. The molecule has 1 rings (SSSR count). The molecular weight excluding hydrogens is 378 g/mol. The summed E-state index contributed by atoms with van der Waals surface area (Å²) in [7, 11) is 0. The molecule has 0 fully saturated rings. The van der Waals surface area contributed by atoms with E-state index in [1.54, 1.807) is 0 Å². The molecule has 1 aromatic rings.